The van der Waals surface area contributed by atoms with Crippen LogP contribution in [0.4, 0.5) is 5.13 Å². The summed E-state index contributed by atoms with van der Waals surface area (Å²) in [5, 5.41) is 14.5. The van der Waals surface area contributed by atoms with Crippen molar-refractivity contribution in [2.75, 3.05) is 5.32 Å². The number of carbonyl (C=O) groups excluding carboxylic acids is 1. The molecule has 0 aliphatic rings. The van der Waals surface area contributed by atoms with Gasteiger partial charge in [-0.25, -0.2) is 4.98 Å². The summed E-state index contributed by atoms with van der Waals surface area (Å²) < 4.78 is 2.01. The van der Waals surface area contributed by atoms with E-state index in [2.05, 4.69) is 39.2 Å². The number of hydrogen-bond acceptors (Lipinski definition) is 7. The molecule has 0 aliphatic carbocycles. The Morgan fingerprint density at radius 3 is 2.61 bits per heavy atom. The Balaban J connectivity index is 1.39. The number of aromatic nitrogens is 4. The molecule has 0 spiro atoms. The van der Waals surface area contributed by atoms with E-state index in [0.29, 0.717) is 22.6 Å². The van der Waals surface area contributed by atoms with E-state index in [0.717, 1.165) is 17.1 Å². The van der Waals surface area contributed by atoms with E-state index in [1.807, 2.05) is 71.5 Å². The van der Waals surface area contributed by atoms with Crippen LogP contribution in [-0.2, 0) is 17.1 Å². The average Bonchev–Trinajstić information content (AvgIpc) is 3.46. The van der Waals surface area contributed by atoms with E-state index in [1.165, 1.54) is 28.0 Å². The molecule has 1 N–H and O–H groups in total. The Labute approximate surface area is 205 Å². The lowest BCUT2D eigenvalue weighted by Gasteiger charge is -2.12. The molecular formula is C24H23N5OS3. The highest BCUT2D eigenvalue weighted by Crippen LogP contribution is 2.28. The minimum atomic E-state index is -0.364. The van der Waals surface area contributed by atoms with Crippen LogP contribution in [0.25, 0.3) is 11.3 Å². The molecule has 1 atom stereocenters. The van der Waals surface area contributed by atoms with Gasteiger partial charge in [-0.15, -0.1) is 39.9 Å². The van der Waals surface area contributed by atoms with Crippen LogP contribution < -0.4 is 5.32 Å². The molecule has 0 bridgehead atoms. The van der Waals surface area contributed by atoms with Gasteiger partial charge in [0, 0.05) is 22.4 Å². The van der Waals surface area contributed by atoms with E-state index < -0.39 is 0 Å². The van der Waals surface area contributed by atoms with Crippen LogP contribution in [0, 0.1) is 0 Å². The number of nitrogens with one attached hydrogen (secondary N) is 1. The minimum Gasteiger partial charge on any atom is -0.301 e. The van der Waals surface area contributed by atoms with E-state index in [9.17, 15) is 4.79 Å². The summed E-state index contributed by atoms with van der Waals surface area (Å²) in [6.45, 7) is 6.30. The third-order valence-electron chi connectivity index (χ3n) is 4.67. The van der Waals surface area contributed by atoms with Gasteiger partial charge in [-0.2, -0.15) is 0 Å². The van der Waals surface area contributed by atoms with Crippen LogP contribution in [0.5, 0.6) is 0 Å². The fraction of sp³-hybridized carbons (Fsp3) is 0.167. The largest absolute Gasteiger partial charge is 0.301 e. The fourth-order valence-corrected chi connectivity index (χ4v) is 5.44. The van der Waals surface area contributed by atoms with Crippen LogP contribution >= 0.6 is 34.9 Å². The number of anilines is 1. The molecule has 4 aromatic rings. The summed E-state index contributed by atoms with van der Waals surface area (Å²) in [6, 6.07) is 20.1. The van der Waals surface area contributed by atoms with Gasteiger partial charge in [-0.1, -0.05) is 66.4 Å². The maximum atomic E-state index is 12.8. The smallest absolute Gasteiger partial charge is 0.239 e. The second-order valence-electron chi connectivity index (χ2n) is 7.05. The third kappa shape index (κ3) is 6.13. The van der Waals surface area contributed by atoms with Crippen molar-refractivity contribution < 1.29 is 4.79 Å². The lowest BCUT2D eigenvalue weighted by molar-refractivity contribution is -0.115. The van der Waals surface area contributed by atoms with Gasteiger partial charge < -0.3 is 9.88 Å². The lowest BCUT2D eigenvalue weighted by atomic mass is 10.2. The van der Waals surface area contributed by atoms with Gasteiger partial charge in [0.1, 0.15) is 5.82 Å². The first kappa shape index (κ1) is 23.3. The number of benzene rings is 2. The molecule has 0 saturated heterocycles. The van der Waals surface area contributed by atoms with Crippen LogP contribution in [0.1, 0.15) is 12.7 Å². The summed E-state index contributed by atoms with van der Waals surface area (Å²) in [5.41, 5.74) is 1.87. The summed E-state index contributed by atoms with van der Waals surface area (Å²) in [7, 11) is 0. The highest BCUT2D eigenvalue weighted by atomic mass is 32.2. The topological polar surface area (TPSA) is 72.7 Å². The summed E-state index contributed by atoms with van der Waals surface area (Å²) in [6.07, 6.45) is 1.82. The Hall–Kier alpha value is -2.88. The lowest BCUT2D eigenvalue weighted by Crippen LogP contribution is -2.23. The zero-order valence-electron chi connectivity index (χ0n) is 18.0. The number of amides is 1. The Morgan fingerprint density at radius 2 is 1.88 bits per heavy atom. The number of thiazole rings is 1. The molecule has 2 aromatic carbocycles. The summed E-state index contributed by atoms with van der Waals surface area (Å²) in [5.74, 6) is 1.42. The van der Waals surface area contributed by atoms with Crippen molar-refractivity contribution in [1.82, 2.24) is 19.7 Å². The number of hydrogen-bond donors (Lipinski definition) is 1. The SMILES string of the molecule is C=CCn1c(CSc2ccccc2)nnc1SC(C)C(=O)Nc1nc(-c2ccccc2)cs1. The molecule has 2 heterocycles. The first-order chi connectivity index (χ1) is 16.1. The van der Waals surface area contributed by atoms with Crippen molar-refractivity contribution in [2.24, 2.45) is 0 Å². The standard InChI is InChI=1S/C24H23N5OS3/c1-3-14-29-21(16-31-19-12-8-5-9-13-19)27-28-24(29)33-17(2)22(30)26-23-25-20(15-32-23)18-10-6-4-7-11-18/h3-13,15,17H,1,14,16H2,2H3,(H,25,26,30). The number of carbonyl (C=O) groups is 1. The molecule has 2 aromatic heterocycles. The molecule has 168 valence electrons. The van der Waals surface area contributed by atoms with Crippen molar-refractivity contribution in [3.05, 3.63) is 84.5 Å². The first-order valence-electron chi connectivity index (χ1n) is 10.3. The fourth-order valence-electron chi connectivity index (χ4n) is 2.98. The molecule has 9 heteroatoms. The quantitative estimate of drug-likeness (QED) is 0.216. The molecule has 0 aliphatic heterocycles. The van der Waals surface area contributed by atoms with Gasteiger partial charge in [0.15, 0.2) is 10.3 Å². The van der Waals surface area contributed by atoms with Gasteiger partial charge in [0.2, 0.25) is 5.91 Å². The molecule has 0 fully saturated rings. The Bertz CT molecular complexity index is 1210. The second-order valence-corrected chi connectivity index (χ2v) is 10.3. The summed E-state index contributed by atoms with van der Waals surface area (Å²) >= 11 is 4.50. The third-order valence-corrected chi connectivity index (χ3v) is 7.52. The Morgan fingerprint density at radius 1 is 1.15 bits per heavy atom. The van der Waals surface area contributed by atoms with Gasteiger partial charge in [-0.3, -0.25) is 4.79 Å². The zero-order chi connectivity index (χ0) is 23.0. The molecule has 6 nitrogen and oxygen atoms in total. The second kappa shape index (κ2) is 11.3. The van der Waals surface area contributed by atoms with E-state index in [-0.39, 0.29) is 11.2 Å². The number of rotatable bonds is 10. The monoisotopic (exact) mass is 493 g/mol. The maximum absolute atomic E-state index is 12.8. The number of allylic oxidation sites excluding steroid dienone is 1. The highest BCUT2D eigenvalue weighted by Gasteiger charge is 2.21. The van der Waals surface area contributed by atoms with Crippen molar-refractivity contribution in [3.8, 4) is 11.3 Å². The Kier molecular flexibility index (Phi) is 7.98. The zero-order valence-corrected chi connectivity index (χ0v) is 20.5. The predicted molar refractivity (Wildman–Crippen MR) is 138 cm³/mol. The number of nitrogens with zero attached hydrogens (tertiary/aromatic N) is 4. The molecule has 0 radical (unpaired) electrons. The van der Waals surface area contributed by atoms with Crippen LogP contribution in [0.3, 0.4) is 0 Å². The average molecular weight is 494 g/mol. The predicted octanol–water partition coefficient (Wildman–Crippen LogP) is 6.00. The van der Waals surface area contributed by atoms with E-state index in [1.54, 1.807) is 11.8 Å². The molecule has 0 saturated carbocycles. The maximum Gasteiger partial charge on any atom is 0.239 e. The summed E-state index contributed by atoms with van der Waals surface area (Å²) in [4.78, 5) is 18.5. The number of thioether (sulfide) groups is 2. The highest BCUT2D eigenvalue weighted by molar-refractivity contribution is 8.00. The van der Waals surface area contributed by atoms with Crippen molar-refractivity contribution >= 4 is 45.9 Å². The molecule has 1 amide bonds. The van der Waals surface area contributed by atoms with Crippen LogP contribution in [0.2, 0.25) is 0 Å². The van der Waals surface area contributed by atoms with Gasteiger partial charge in [0.05, 0.1) is 16.7 Å². The van der Waals surface area contributed by atoms with Crippen LogP contribution in [-0.4, -0.2) is 30.9 Å². The van der Waals surface area contributed by atoms with Crippen molar-refractivity contribution in [2.45, 2.75) is 34.5 Å². The van der Waals surface area contributed by atoms with E-state index >= 15 is 0 Å². The van der Waals surface area contributed by atoms with Crippen molar-refractivity contribution in [1.29, 1.82) is 0 Å². The van der Waals surface area contributed by atoms with E-state index in [4.69, 9.17) is 0 Å². The van der Waals surface area contributed by atoms with Gasteiger partial charge in [0.25, 0.3) is 0 Å². The van der Waals surface area contributed by atoms with Crippen molar-refractivity contribution in [3.63, 3.8) is 0 Å². The first-order valence-corrected chi connectivity index (χ1v) is 13.1. The van der Waals surface area contributed by atoms with Gasteiger partial charge >= 0.3 is 0 Å². The molecule has 33 heavy (non-hydrogen) atoms. The minimum absolute atomic E-state index is 0.123. The molecular weight excluding hydrogens is 470 g/mol. The molecule has 4 rings (SSSR count). The normalized spacial score (nSPS) is 11.8. The van der Waals surface area contributed by atoms with Crippen LogP contribution in [0.15, 0.2) is 88.8 Å². The van der Waals surface area contributed by atoms with Gasteiger partial charge in [-0.05, 0) is 19.1 Å². The molecule has 1 unspecified atom stereocenters.